The van der Waals surface area contributed by atoms with Crippen LogP contribution in [0.3, 0.4) is 0 Å². The number of benzene rings is 2. The third kappa shape index (κ3) is 5.14. The van der Waals surface area contributed by atoms with Gasteiger partial charge in [0.15, 0.2) is 0 Å². The van der Waals surface area contributed by atoms with Crippen LogP contribution < -0.4 is 10.6 Å². The molecule has 150 valence electrons. The first-order chi connectivity index (χ1) is 13.6. The molecule has 0 unspecified atom stereocenters. The first-order valence-corrected chi connectivity index (χ1v) is 8.36. The van der Waals surface area contributed by atoms with E-state index in [9.17, 15) is 34.4 Å². The van der Waals surface area contributed by atoms with E-state index < -0.39 is 41.6 Å². The van der Waals surface area contributed by atoms with Crippen LogP contribution in [-0.4, -0.2) is 46.7 Å². The van der Waals surface area contributed by atoms with E-state index in [1.165, 1.54) is 42.5 Å². The number of primary amides is 1. The minimum atomic E-state index is -1.34. The maximum absolute atomic E-state index is 12.9. The number of carbonyl (C=O) groups is 4. The third-order valence-electron chi connectivity index (χ3n) is 3.78. The van der Waals surface area contributed by atoms with E-state index in [0.29, 0.717) is 0 Å². The van der Waals surface area contributed by atoms with Gasteiger partial charge in [-0.3, -0.25) is 29.4 Å². The fourth-order valence-electron chi connectivity index (χ4n) is 2.54. The van der Waals surface area contributed by atoms with Crippen molar-refractivity contribution in [1.29, 1.82) is 0 Å². The van der Waals surface area contributed by atoms with E-state index in [0.717, 1.165) is 4.90 Å². The Hall–Kier alpha value is -3.79. The highest BCUT2D eigenvalue weighted by atomic mass is 35.5. The molecule has 2 aromatic carbocycles. The average Bonchev–Trinajstić information content (AvgIpc) is 2.64. The second kappa shape index (κ2) is 8.93. The molecule has 2 rings (SSSR count). The number of Topliss-reactive ketones (excluding diaryl/α,β-unsaturated/α-hetero) is 1. The number of amides is 2. The van der Waals surface area contributed by atoms with Crippen LogP contribution in [0.2, 0.25) is 5.02 Å². The van der Waals surface area contributed by atoms with E-state index in [1.54, 1.807) is 0 Å². The van der Waals surface area contributed by atoms with E-state index in [4.69, 9.17) is 17.3 Å². The zero-order chi connectivity index (χ0) is 21.7. The Labute approximate surface area is 168 Å². The number of rotatable bonds is 8. The van der Waals surface area contributed by atoms with Crippen molar-refractivity contribution in [3.05, 3.63) is 74.3 Å². The number of nitrogens with two attached hydrogens (primary N) is 1. The number of hydrogen-bond donors (Lipinski definition) is 2. The number of carbonyl (C=O) groups excluding carboxylic acids is 3. The minimum absolute atomic E-state index is 0.0524. The van der Waals surface area contributed by atoms with Crippen LogP contribution in [-0.2, 0) is 4.79 Å². The summed E-state index contributed by atoms with van der Waals surface area (Å²) in [7, 11) is 0. The number of carboxylic acid groups (broad SMARTS) is 1. The lowest BCUT2D eigenvalue weighted by Crippen LogP contribution is -2.39. The van der Waals surface area contributed by atoms with Gasteiger partial charge in [0, 0.05) is 16.2 Å². The summed E-state index contributed by atoms with van der Waals surface area (Å²) in [4.78, 5) is 58.3. The van der Waals surface area contributed by atoms with Crippen molar-refractivity contribution in [3.8, 4) is 0 Å². The second-order valence-electron chi connectivity index (χ2n) is 5.79. The number of halogens is 1. The lowest BCUT2D eigenvalue weighted by atomic mass is 10.1. The molecule has 29 heavy (non-hydrogen) atoms. The molecular weight excluding hydrogens is 406 g/mol. The van der Waals surface area contributed by atoms with Crippen molar-refractivity contribution in [1.82, 2.24) is 0 Å². The summed E-state index contributed by atoms with van der Waals surface area (Å²) in [6, 6.07) is 8.98. The first-order valence-electron chi connectivity index (χ1n) is 7.99. The molecule has 2 amide bonds. The molecule has 0 spiro atoms. The average molecular weight is 420 g/mol. The molecule has 11 heteroatoms. The zero-order valence-corrected chi connectivity index (χ0v) is 15.5. The van der Waals surface area contributed by atoms with Crippen molar-refractivity contribution in [2.24, 2.45) is 5.73 Å². The summed E-state index contributed by atoms with van der Waals surface area (Å²) in [6.45, 7) is -1.56. The monoisotopic (exact) mass is 419 g/mol. The summed E-state index contributed by atoms with van der Waals surface area (Å²) in [5.74, 6) is -3.89. The van der Waals surface area contributed by atoms with Crippen LogP contribution in [0.15, 0.2) is 42.5 Å². The Morgan fingerprint density at radius 2 is 1.69 bits per heavy atom. The molecule has 0 fully saturated rings. The molecule has 2 aromatic rings. The van der Waals surface area contributed by atoms with Crippen molar-refractivity contribution in [2.45, 2.75) is 0 Å². The van der Waals surface area contributed by atoms with E-state index in [1.807, 2.05) is 0 Å². The number of carboxylic acids is 1. The molecule has 0 aliphatic rings. The largest absolute Gasteiger partial charge is 0.478 e. The summed E-state index contributed by atoms with van der Waals surface area (Å²) < 4.78 is 0. The molecule has 10 nitrogen and oxygen atoms in total. The summed E-state index contributed by atoms with van der Waals surface area (Å²) in [5.41, 5.74) is 4.65. The van der Waals surface area contributed by atoms with Crippen molar-refractivity contribution in [3.63, 3.8) is 0 Å². The lowest BCUT2D eigenvalue weighted by molar-refractivity contribution is -0.465. The molecule has 0 atom stereocenters. The van der Waals surface area contributed by atoms with Gasteiger partial charge in [-0.05, 0) is 30.3 Å². The summed E-state index contributed by atoms with van der Waals surface area (Å²) >= 11 is 6.03. The van der Waals surface area contributed by atoms with Gasteiger partial charge in [-0.15, -0.1) is 0 Å². The number of nitrogens with zero attached hydrogens (tertiary/aromatic N) is 2. The molecular formula is C18H14ClN3O7. The van der Waals surface area contributed by atoms with Crippen molar-refractivity contribution >= 4 is 40.9 Å². The molecule has 0 heterocycles. The molecule has 3 N–H and O–H groups in total. The second-order valence-corrected chi connectivity index (χ2v) is 6.19. The van der Waals surface area contributed by atoms with Gasteiger partial charge in [-0.1, -0.05) is 23.7 Å². The van der Waals surface area contributed by atoms with Gasteiger partial charge in [-0.25, -0.2) is 4.79 Å². The highest BCUT2D eigenvalue weighted by molar-refractivity contribution is 6.34. The molecule has 0 aliphatic carbocycles. The normalized spacial score (nSPS) is 10.2. The standard InChI is InChI=1S/C18H14ClN3O7/c19-14-7-10(5-6-13(14)15(23)8-22(28)29)21(9-16(20)24)17(25)11-3-1-2-4-12(11)18(26)27/h1-7H,8-9H2,(H2,20,24)(H,26,27). The van der Waals surface area contributed by atoms with Crippen molar-refractivity contribution < 1.29 is 29.2 Å². The predicted octanol–water partition coefficient (Wildman–Crippen LogP) is 1.63. The van der Waals surface area contributed by atoms with Crippen LogP contribution in [0.25, 0.3) is 0 Å². The topological polar surface area (TPSA) is 161 Å². The Bertz CT molecular complexity index is 1020. The van der Waals surface area contributed by atoms with Crippen LogP contribution in [0.5, 0.6) is 0 Å². The van der Waals surface area contributed by atoms with Crippen LogP contribution in [0.4, 0.5) is 5.69 Å². The SMILES string of the molecule is NC(=O)CN(C(=O)c1ccccc1C(=O)O)c1ccc(C(=O)C[N+](=O)[O-])c(Cl)c1. The molecule has 0 bridgehead atoms. The van der Waals surface area contributed by atoms with Gasteiger partial charge in [0.1, 0.15) is 6.54 Å². The van der Waals surface area contributed by atoms with Crippen LogP contribution >= 0.6 is 11.6 Å². The zero-order valence-electron chi connectivity index (χ0n) is 14.7. The highest BCUT2D eigenvalue weighted by Crippen LogP contribution is 2.26. The van der Waals surface area contributed by atoms with Gasteiger partial charge in [0.25, 0.3) is 12.5 Å². The summed E-state index contributed by atoms with van der Waals surface area (Å²) in [6.07, 6.45) is 0. The lowest BCUT2D eigenvalue weighted by Gasteiger charge is -2.22. The Kier molecular flexibility index (Phi) is 6.63. The number of hydrogen-bond acceptors (Lipinski definition) is 6. The smallest absolute Gasteiger partial charge is 0.336 e. The Morgan fingerprint density at radius 3 is 2.21 bits per heavy atom. The molecule has 0 radical (unpaired) electrons. The molecule has 0 saturated heterocycles. The minimum Gasteiger partial charge on any atom is -0.478 e. The number of anilines is 1. The number of aromatic carboxylic acids is 1. The predicted molar refractivity (Wildman–Crippen MR) is 102 cm³/mol. The van der Waals surface area contributed by atoms with E-state index in [2.05, 4.69) is 0 Å². The number of nitro groups is 1. The Balaban J connectivity index is 2.48. The quantitative estimate of drug-likeness (QED) is 0.373. The first kappa shape index (κ1) is 21.5. The highest BCUT2D eigenvalue weighted by Gasteiger charge is 2.25. The van der Waals surface area contributed by atoms with E-state index >= 15 is 0 Å². The Morgan fingerprint density at radius 1 is 1.07 bits per heavy atom. The van der Waals surface area contributed by atoms with Crippen molar-refractivity contribution in [2.75, 3.05) is 18.0 Å². The van der Waals surface area contributed by atoms with E-state index in [-0.39, 0.29) is 27.4 Å². The number of ketones is 1. The third-order valence-corrected chi connectivity index (χ3v) is 4.10. The van der Waals surface area contributed by atoms with Gasteiger partial charge >= 0.3 is 5.97 Å². The molecule has 0 aromatic heterocycles. The fourth-order valence-corrected chi connectivity index (χ4v) is 2.82. The van der Waals surface area contributed by atoms with Gasteiger partial charge in [0.05, 0.1) is 16.1 Å². The molecule has 0 aliphatic heterocycles. The summed E-state index contributed by atoms with van der Waals surface area (Å²) in [5, 5.41) is 19.6. The molecule has 0 saturated carbocycles. The van der Waals surface area contributed by atoms with Gasteiger partial charge in [-0.2, -0.15) is 0 Å². The maximum atomic E-state index is 12.9. The van der Waals surface area contributed by atoms with Gasteiger partial charge < -0.3 is 10.8 Å². The fraction of sp³-hybridized carbons (Fsp3) is 0.111. The van der Waals surface area contributed by atoms with Gasteiger partial charge in [0.2, 0.25) is 11.7 Å². The maximum Gasteiger partial charge on any atom is 0.336 e. The van der Waals surface area contributed by atoms with Crippen LogP contribution in [0.1, 0.15) is 31.1 Å². The van der Waals surface area contributed by atoms with Crippen LogP contribution in [0, 0.1) is 10.1 Å².